The fraction of sp³-hybridized carbons (Fsp3) is 0.538. The van der Waals surface area contributed by atoms with Gasteiger partial charge in [-0.05, 0) is 26.0 Å². The molecule has 1 aliphatic heterocycles. The second-order valence-electron chi connectivity index (χ2n) is 5.11. The van der Waals surface area contributed by atoms with Gasteiger partial charge in [0.25, 0.3) is 0 Å². The SMILES string of the molecule is C[C@@H]1CN(S(=O)(=O)c2cc(Br)cc(CO)c2F)C[C@H](C)O1. The number of benzene rings is 1. The topological polar surface area (TPSA) is 66.8 Å². The average Bonchev–Trinajstić information content (AvgIpc) is 2.39. The first-order valence-electron chi connectivity index (χ1n) is 6.50. The molecule has 5 nitrogen and oxygen atoms in total. The number of rotatable bonds is 3. The lowest BCUT2D eigenvalue weighted by Gasteiger charge is -2.34. The highest BCUT2D eigenvalue weighted by Crippen LogP contribution is 2.28. The largest absolute Gasteiger partial charge is 0.392 e. The molecule has 0 aliphatic carbocycles. The molecular formula is C13H17BrFNO4S. The lowest BCUT2D eigenvalue weighted by atomic mass is 10.2. The Bertz CT molecular complexity index is 627. The number of hydrogen-bond donors (Lipinski definition) is 1. The lowest BCUT2D eigenvalue weighted by molar-refractivity contribution is -0.0441. The Kier molecular flexibility index (Phi) is 5.04. The summed E-state index contributed by atoms with van der Waals surface area (Å²) in [5, 5.41) is 9.14. The van der Waals surface area contributed by atoms with E-state index in [1.807, 2.05) is 0 Å². The Hall–Kier alpha value is -0.540. The Labute approximate surface area is 131 Å². The van der Waals surface area contributed by atoms with E-state index in [-0.39, 0.29) is 30.9 Å². The first-order valence-corrected chi connectivity index (χ1v) is 8.73. The molecule has 0 unspecified atom stereocenters. The van der Waals surface area contributed by atoms with E-state index < -0.39 is 27.3 Å². The fourth-order valence-corrected chi connectivity index (χ4v) is 4.77. The summed E-state index contributed by atoms with van der Waals surface area (Å²) in [7, 11) is -3.98. The fourth-order valence-electron chi connectivity index (χ4n) is 2.39. The van der Waals surface area contributed by atoms with E-state index in [0.29, 0.717) is 4.47 Å². The van der Waals surface area contributed by atoms with Gasteiger partial charge in [0, 0.05) is 23.1 Å². The first kappa shape index (κ1) is 16.8. The second-order valence-corrected chi connectivity index (χ2v) is 7.94. The van der Waals surface area contributed by atoms with Crippen molar-refractivity contribution in [2.45, 2.75) is 37.6 Å². The zero-order chi connectivity index (χ0) is 15.8. The number of sulfonamides is 1. The van der Waals surface area contributed by atoms with E-state index in [9.17, 15) is 12.8 Å². The Morgan fingerprint density at radius 1 is 1.38 bits per heavy atom. The van der Waals surface area contributed by atoms with Crippen LogP contribution in [0.3, 0.4) is 0 Å². The van der Waals surface area contributed by atoms with Crippen molar-refractivity contribution in [1.29, 1.82) is 0 Å². The van der Waals surface area contributed by atoms with E-state index in [0.717, 1.165) is 0 Å². The molecule has 1 aliphatic rings. The van der Waals surface area contributed by atoms with E-state index in [4.69, 9.17) is 9.84 Å². The van der Waals surface area contributed by atoms with Crippen molar-refractivity contribution in [3.8, 4) is 0 Å². The molecule has 0 bridgehead atoms. The van der Waals surface area contributed by atoms with Crippen LogP contribution < -0.4 is 0 Å². The van der Waals surface area contributed by atoms with Crippen LogP contribution in [0.2, 0.25) is 0 Å². The van der Waals surface area contributed by atoms with Gasteiger partial charge in [-0.2, -0.15) is 4.31 Å². The molecule has 0 amide bonds. The number of aliphatic hydroxyl groups excluding tert-OH is 1. The molecule has 1 N–H and O–H groups in total. The summed E-state index contributed by atoms with van der Waals surface area (Å²) in [5.41, 5.74) is -0.0580. The highest BCUT2D eigenvalue weighted by atomic mass is 79.9. The quantitative estimate of drug-likeness (QED) is 0.867. The summed E-state index contributed by atoms with van der Waals surface area (Å²) in [6.45, 7) is 3.33. The summed E-state index contributed by atoms with van der Waals surface area (Å²) in [5.74, 6) is -0.910. The number of morpholine rings is 1. The average molecular weight is 382 g/mol. The molecule has 21 heavy (non-hydrogen) atoms. The van der Waals surface area contributed by atoms with Crippen molar-refractivity contribution in [3.63, 3.8) is 0 Å². The maximum Gasteiger partial charge on any atom is 0.246 e. The van der Waals surface area contributed by atoms with Crippen LogP contribution in [0.25, 0.3) is 0 Å². The van der Waals surface area contributed by atoms with Gasteiger partial charge >= 0.3 is 0 Å². The monoisotopic (exact) mass is 381 g/mol. The molecule has 1 saturated heterocycles. The van der Waals surface area contributed by atoms with Gasteiger partial charge in [0.05, 0.1) is 18.8 Å². The molecule has 1 aromatic carbocycles. The molecule has 8 heteroatoms. The number of nitrogens with zero attached hydrogens (tertiary/aromatic N) is 1. The van der Waals surface area contributed by atoms with E-state index in [2.05, 4.69) is 15.9 Å². The van der Waals surface area contributed by atoms with Gasteiger partial charge in [0.1, 0.15) is 10.7 Å². The predicted octanol–water partition coefficient (Wildman–Crippen LogP) is 1.88. The molecule has 1 heterocycles. The first-order chi connectivity index (χ1) is 9.75. The Morgan fingerprint density at radius 2 is 1.95 bits per heavy atom. The van der Waals surface area contributed by atoms with Crippen LogP contribution in [0.5, 0.6) is 0 Å². The van der Waals surface area contributed by atoms with Gasteiger partial charge in [0.2, 0.25) is 10.0 Å². The van der Waals surface area contributed by atoms with E-state index in [1.165, 1.54) is 16.4 Å². The Balaban J connectivity index is 2.47. The van der Waals surface area contributed by atoms with Gasteiger partial charge in [-0.15, -0.1) is 0 Å². The van der Waals surface area contributed by atoms with Gasteiger partial charge in [-0.3, -0.25) is 0 Å². The molecule has 0 radical (unpaired) electrons. The zero-order valence-corrected chi connectivity index (χ0v) is 14.1. The van der Waals surface area contributed by atoms with Crippen molar-refractivity contribution in [2.24, 2.45) is 0 Å². The van der Waals surface area contributed by atoms with Crippen LogP contribution in [-0.2, 0) is 21.4 Å². The maximum atomic E-state index is 14.3. The van der Waals surface area contributed by atoms with Gasteiger partial charge in [0.15, 0.2) is 0 Å². The standard InChI is InChI=1S/C13H17BrFNO4S/c1-8-5-16(6-9(2)20-8)21(18,19)12-4-11(14)3-10(7-17)13(12)15/h3-4,8-9,17H,5-7H2,1-2H3/t8-,9+. The summed E-state index contributed by atoms with van der Waals surface area (Å²) in [6, 6.07) is 2.58. The number of hydrogen-bond acceptors (Lipinski definition) is 4. The van der Waals surface area contributed by atoms with Gasteiger partial charge in [-0.25, -0.2) is 12.8 Å². The van der Waals surface area contributed by atoms with Crippen molar-refractivity contribution >= 4 is 26.0 Å². The summed E-state index contributed by atoms with van der Waals surface area (Å²) < 4.78 is 46.7. The van der Waals surface area contributed by atoms with Crippen LogP contribution in [0.1, 0.15) is 19.4 Å². The lowest BCUT2D eigenvalue weighted by Crippen LogP contribution is -2.48. The molecule has 0 spiro atoms. The normalized spacial score (nSPS) is 24.2. The number of ether oxygens (including phenoxy) is 1. The minimum Gasteiger partial charge on any atom is -0.392 e. The second kappa shape index (κ2) is 6.29. The summed E-state index contributed by atoms with van der Waals surface area (Å²) in [4.78, 5) is -0.428. The molecule has 1 fully saturated rings. The zero-order valence-electron chi connectivity index (χ0n) is 11.7. The highest BCUT2D eigenvalue weighted by molar-refractivity contribution is 9.10. The van der Waals surface area contributed by atoms with Crippen LogP contribution >= 0.6 is 15.9 Å². The van der Waals surface area contributed by atoms with Crippen LogP contribution in [0, 0.1) is 5.82 Å². The van der Waals surface area contributed by atoms with Crippen molar-refractivity contribution in [3.05, 3.63) is 28.0 Å². The molecule has 0 aromatic heterocycles. The van der Waals surface area contributed by atoms with Crippen molar-refractivity contribution in [1.82, 2.24) is 4.31 Å². The Morgan fingerprint density at radius 3 is 2.48 bits per heavy atom. The summed E-state index contributed by atoms with van der Waals surface area (Å²) in [6.07, 6.45) is -0.507. The smallest absolute Gasteiger partial charge is 0.246 e. The highest BCUT2D eigenvalue weighted by Gasteiger charge is 2.34. The van der Waals surface area contributed by atoms with Gasteiger partial charge in [-0.1, -0.05) is 15.9 Å². The third kappa shape index (κ3) is 3.45. The van der Waals surface area contributed by atoms with Crippen molar-refractivity contribution in [2.75, 3.05) is 13.1 Å². The number of aliphatic hydroxyl groups is 1. The minimum absolute atomic E-state index is 0.0580. The third-order valence-electron chi connectivity index (χ3n) is 3.25. The van der Waals surface area contributed by atoms with E-state index in [1.54, 1.807) is 13.8 Å². The summed E-state index contributed by atoms with van der Waals surface area (Å²) >= 11 is 3.14. The number of halogens is 2. The predicted molar refractivity (Wildman–Crippen MR) is 78.8 cm³/mol. The molecule has 2 atom stereocenters. The molecule has 118 valence electrons. The van der Waals surface area contributed by atoms with Crippen LogP contribution in [0.15, 0.2) is 21.5 Å². The van der Waals surface area contributed by atoms with Crippen LogP contribution in [-0.4, -0.2) is 43.1 Å². The third-order valence-corrected chi connectivity index (χ3v) is 5.54. The van der Waals surface area contributed by atoms with Crippen LogP contribution in [0.4, 0.5) is 4.39 Å². The maximum absolute atomic E-state index is 14.3. The van der Waals surface area contributed by atoms with Crippen molar-refractivity contribution < 1.29 is 22.7 Å². The molecule has 0 saturated carbocycles. The molecule has 1 aromatic rings. The molecule has 2 rings (SSSR count). The minimum atomic E-state index is -3.98. The van der Waals surface area contributed by atoms with E-state index >= 15 is 0 Å². The van der Waals surface area contributed by atoms with Gasteiger partial charge < -0.3 is 9.84 Å². The molecular weight excluding hydrogens is 365 g/mol.